The second-order valence-electron chi connectivity index (χ2n) is 4.63. The smallest absolute Gasteiger partial charge is 0.276 e. The first-order valence-corrected chi connectivity index (χ1v) is 7.80. The molecule has 0 unspecified atom stereocenters. The Labute approximate surface area is 133 Å². The number of aromatic nitrogens is 2. The number of nitrogens with zero attached hydrogens (tertiary/aromatic N) is 2. The van der Waals surface area contributed by atoms with Crippen LogP contribution in [0, 0.1) is 0 Å². The number of carbonyl (C=O) groups excluding carboxylic acids is 1. The standard InChI is InChI=1S/C15H18N2O4S/c1-10(18)5-4-6-22-15-17-16-14(21-15)11-7-12(19-2)9-13(8-11)20-3/h7-9H,4-6H2,1-3H3. The maximum atomic E-state index is 10.9. The number of hydrogen-bond donors (Lipinski definition) is 0. The van der Waals surface area contributed by atoms with Crippen LogP contribution in [0.5, 0.6) is 11.5 Å². The Bertz CT molecular complexity index is 620. The van der Waals surface area contributed by atoms with Gasteiger partial charge < -0.3 is 18.7 Å². The molecular formula is C15H18N2O4S. The monoisotopic (exact) mass is 322 g/mol. The van der Waals surface area contributed by atoms with Crippen LogP contribution in [0.3, 0.4) is 0 Å². The van der Waals surface area contributed by atoms with Crippen molar-refractivity contribution < 1.29 is 18.7 Å². The summed E-state index contributed by atoms with van der Waals surface area (Å²) in [5.74, 6) is 2.68. The molecule has 118 valence electrons. The zero-order chi connectivity index (χ0) is 15.9. The van der Waals surface area contributed by atoms with Crippen LogP contribution < -0.4 is 9.47 Å². The van der Waals surface area contributed by atoms with Crippen molar-refractivity contribution in [3.63, 3.8) is 0 Å². The predicted octanol–water partition coefficient (Wildman–Crippen LogP) is 3.22. The van der Waals surface area contributed by atoms with Gasteiger partial charge >= 0.3 is 0 Å². The number of ketones is 1. The third kappa shape index (κ3) is 4.49. The largest absolute Gasteiger partial charge is 0.497 e. The van der Waals surface area contributed by atoms with Crippen molar-refractivity contribution in [1.82, 2.24) is 10.2 Å². The molecule has 0 fully saturated rings. The number of methoxy groups -OCH3 is 2. The van der Waals surface area contributed by atoms with Gasteiger partial charge in [0.1, 0.15) is 17.3 Å². The minimum Gasteiger partial charge on any atom is -0.497 e. The molecule has 1 heterocycles. The lowest BCUT2D eigenvalue weighted by Gasteiger charge is -2.05. The number of hydrogen-bond acceptors (Lipinski definition) is 7. The molecule has 1 aromatic heterocycles. The van der Waals surface area contributed by atoms with Gasteiger partial charge in [0.05, 0.1) is 14.2 Å². The number of Topliss-reactive ketones (excluding diaryl/α,β-unsaturated/α-hetero) is 1. The summed E-state index contributed by atoms with van der Waals surface area (Å²) in [6.45, 7) is 1.59. The van der Waals surface area contributed by atoms with E-state index in [0.717, 1.165) is 17.7 Å². The van der Waals surface area contributed by atoms with E-state index in [1.54, 1.807) is 39.3 Å². The Balaban J connectivity index is 2.06. The fourth-order valence-electron chi connectivity index (χ4n) is 1.80. The molecule has 0 atom stereocenters. The van der Waals surface area contributed by atoms with E-state index in [2.05, 4.69) is 10.2 Å². The van der Waals surface area contributed by atoms with Crippen LogP contribution in [0.2, 0.25) is 0 Å². The Morgan fingerprint density at radius 1 is 1.18 bits per heavy atom. The first-order chi connectivity index (χ1) is 10.6. The van der Waals surface area contributed by atoms with Crippen molar-refractivity contribution in [3.8, 4) is 23.0 Å². The second-order valence-corrected chi connectivity index (χ2v) is 5.67. The van der Waals surface area contributed by atoms with E-state index in [1.165, 1.54) is 11.8 Å². The van der Waals surface area contributed by atoms with E-state index in [4.69, 9.17) is 13.9 Å². The Kier molecular flexibility index (Phi) is 5.83. The molecule has 0 N–H and O–H groups in total. The van der Waals surface area contributed by atoms with Crippen LogP contribution in [0.25, 0.3) is 11.5 Å². The summed E-state index contributed by atoms with van der Waals surface area (Å²) in [6.07, 6.45) is 1.37. The summed E-state index contributed by atoms with van der Waals surface area (Å²) in [5, 5.41) is 8.52. The SMILES string of the molecule is COc1cc(OC)cc(-c2nnc(SCCCC(C)=O)o2)c1. The van der Waals surface area contributed by atoms with Crippen molar-refractivity contribution in [3.05, 3.63) is 18.2 Å². The van der Waals surface area contributed by atoms with Crippen LogP contribution in [-0.4, -0.2) is 36.0 Å². The summed E-state index contributed by atoms with van der Waals surface area (Å²) < 4.78 is 16.1. The van der Waals surface area contributed by atoms with E-state index in [-0.39, 0.29) is 5.78 Å². The molecule has 0 aliphatic heterocycles. The highest BCUT2D eigenvalue weighted by atomic mass is 32.2. The Morgan fingerprint density at radius 2 is 1.86 bits per heavy atom. The first-order valence-electron chi connectivity index (χ1n) is 6.81. The van der Waals surface area contributed by atoms with Crippen molar-refractivity contribution in [1.29, 1.82) is 0 Å². The minimum absolute atomic E-state index is 0.190. The topological polar surface area (TPSA) is 74.5 Å². The third-order valence-electron chi connectivity index (χ3n) is 2.90. The number of ether oxygens (including phenoxy) is 2. The predicted molar refractivity (Wildman–Crippen MR) is 83.5 cm³/mol. The van der Waals surface area contributed by atoms with Crippen molar-refractivity contribution in [2.75, 3.05) is 20.0 Å². The van der Waals surface area contributed by atoms with Crippen LogP contribution in [0.1, 0.15) is 19.8 Å². The highest BCUT2D eigenvalue weighted by molar-refractivity contribution is 7.99. The van der Waals surface area contributed by atoms with Crippen LogP contribution in [0.15, 0.2) is 27.8 Å². The Hall–Kier alpha value is -2.02. The average Bonchev–Trinajstić information content (AvgIpc) is 2.99. The number of carbonyl (C=O) groups is 1. The molecule has 0 aliphatic rings. The molecule has 2 aromatic rings. The van der Waals surface area contributed by atoms with Crippen molar-refractivity contribution in [2.24, 2.45) is 0 Å². The number of thioether (sulfide) groups is 1. The zero-order valence-corrected chi connectivity index (χ0v) is 13.6. The first kappa shape index (κ1) is 16.4. The van der Waals surface area contributed by atoms with E-state index < -0.39 is 0 Å². The molecule has 7 heteroatoms. The average molecular weight is 322 g/mol. The maximum absolute atomic E-state index is 10.9. The molecule has 0 saturated heterocycles. The van der Waals surface area contributed by atoms with Crippen molar-refractivity contribution >= 4 is 17.5 Å². The molecule has 0 spiro atoms. The van der Waals surface area contributed by atoms with Gasteiger partial charge in [-0.3, -0.25) is 0 Å². The number of rotatable bonds is 8. The van der Waals surface area contributed by atoms with Crippen LogP contribution in [0.4, 0.5) is 0 Å². The lowest BCUT2D eigenvalue weighted by molar-refractivity contribution is -0.117. The van der Waals surface area contributed by atoms with Gasteiger partial charge in [0, 0.05) is 23.8 Å². The molecule has 0 saturated carbocycles. The molecule has 0 aliphatic carbocycles. The number of benzene rings is 1. The fourth-order valence-corrected chi connectivity index (χ4v) is 2.50. The van der Waals surface area contributed by atoms with E-state index in [0.29, 0.717) is 29.0 Å². The van der Waals surface area contributed by atoms with Crippen LogP contribution >= 0.6 is 11.8 Å². The fraction of sp³-hybridized carbons (Fsp3) is 0.400. The molecule has 2 rings (SSSR count). The second kappa shape index (κ2) is 7.84. The molecule has 0 radical (unpaired) electrons. The van der Waals surface area contributed by atoms with Gasteiger partial charge in [0.2, 0.25) is 5.89 Å². The Morgan fingerprint density at radius 3 is 2.45 bits per heavy atom. The normalized spacial score (nSPS) is 10.5. The minimum atomic E-state index is 0.190. The summed E-state index contributed by atoms with van der Waals surface area (Å²) in [6, 6.07) is 5.39. The van der Waals surface area contributed by atoms with Gasteiger partial charge in [-0.1, -0.05) is 11.8 Å². The summed E-state index contributed by atoms with van der Waals surface area (Å²) in [7, 11) is 3.17. The van der Waals surface area contributed by atoms with E-state index in [1.807, 2.05) is 0 Å². The molecule has 22 heavy (non-hydrogen) atoms. The molecule has 1 aromatic carbocycles. The van der Waals surface area contributed by atoms with Gasteiger partial charge in [0.15, 0.2) is 0 Å². The van der Waals surface area contributed by atoms with E-state index in [9.17, 15) is 4.79 Å². The molecule has 0 bridgehead atoms. The highest BCUT2D eigenvalue weighted by Gasteiger charge is 2.12. The summed E-state index contributed by atoms with van der Waals surface area (Å²) in [4.78, 5) is 10.9. The molecule has 0 amide bonds. The lowest BCUT2D eigenvalue weighted by atomic mass is 10.2. The summed E-state index contributed by atoms with van der Waals surface area (Å²) >= 11 is 1.44. The van der Waals surface area contributed by atoms with Gasteiger partial charge in [0.25, 0.3) is 5.22 Å². The summed E-state index contributed by atoms with van der Waals surface area (Å²) in [5.41, 5.74) is 0.735. The van der Waals surface area contributed by atoms with E-state index >= 15 is 0 Å². The van der Waals surface area contributed by atoms with Gasteiger partial charge in [-0.05, 0) is 25.5 Å². The zero-order valence-electron chi connectivity index (χ0n) is 12.8. The maximum Gasteiger partial charge on any atom is 0.276 e. The quantitative estimate of drug-likeness (QED) is 0.545. The van der Waals surface area contributed by atoms with Crippen molar-refractivity contribution in [2.45, 2.75) is 25.0 Å². The van der Waals surface area contributed by atoms with Crippen LogP contribution in [-0.2, 0) is 4.79 Å². The third-order valence-corrected chi connectivity index (χ3v) is 3.81. The van der Waals surface area contributed by atoms with Gasteiger partial charge in [-0.15, -0.1) is 10.2 Å². The van der Waals surface area contributed by atoms with Gasteiger partial charge in [-0.25, -0.2) is 0 Å². The lowest BCUT2D eigenvalue weighted by Crippen LogP contribution is -1.90. The molecular weight excluding hydrogens is 304 g/mol. The molecule has 6 nitrogen and oxygen atoms in total. The van der Waals surface area contributed by atoms with Gasteiger partial charge in [-0.2, -0.15) is 0 Å². The highest BCUT2D eigenvalue weighted by Crippen LogP contribution is 2.30.